The Kier molecular flexibility index (Phi) is 8.20. The predicted octanol–water partition coefficient (Wildman–Crippen LogP) is 5.04. The quantitative estimate of drug-likeness (QED) is 0.524. The minimum Gasteiger partial charge on any atom is -0.480 e. The molecule has 2 unspecified atom stereocenters. The van der Waals surface area contributed by atoms with Crippen LogP contribution in [0.25, 0.3) is 11.1 Å². The number of carbonyl (C=O) groups excluding carboxylic acids is 2. The number of carbonyl (C=O) groups is 3. The highest BCUT2D eigenvalue weighted by atomic mass is 16.5. The van der Waals surface area contributed by atoms with E-state index in [0.717, 1.165) is 22.3 Å². The van der Waals surface area contributed by atoms with Gasteiger partial charge in [0.25, 0.3) is 0 Å². The number of amides is 2. The molecule has 0 saturated heterocycles. The normalized spacial score (nSPS) is 14.4. The van der Waals surface area contributed by atoms with Crippen molar-refractivity contribution in [2.45, 2.75) is 65.5 Å². The lowest BCUT2D eigenvalue weighted by Crippen LogP contribution is -2.53. The molecule has 3 rings (SSSR count). The summed E-state index contributed by atoms with van der Waals surface area (Å²) in [5.41, 5.74) is 4.20. The Labute approximate surface area is 207 Å². The molecule has 1 aliphatic rings. The van der Waals surface area contributed by atoms with Crippen molar-refractivity contribution >= 4 is 18.0 Å². The molecule has 0 heterocycles. The summed E-state index contributed by atoms with van der Waals surface area (Å²) < 4.78 is 5.65. The van der Waals surface area contributed by atoms with E-state index in [9.17, 15) is 19.5 Å². The van der Waals surface area contributed by atoms with E-state index in [1.54, 1.807) is 0 Å². The fraction of sp³-hybridized carbons (Fsp3) is 0.464. The van der Waals surface area contributed by atoms with Crippen LogP contribution in [0.5, 0.6) is 0 Å². The maximum absolute atomic E-state index is 13.4. The van der Waals surface area contributed by atoms with Crippen molar-refractivity contribution < 1.29 is 24.2 Å². The Balaban J connectivity index is 1.75. The number of carboxylic acids is 1. The van der Waals surface area contributed by atoms with E-state index in [1.165, 1.54) is 4.90 Å². The van der Waals surface area contributed by atoms with Gasteiger partial charge in [-0.15, -0.1) is 0 Å². The molecule has 2 N–H and O–H groups in total. The number of alkyl carbamates (subject to hydrolysis) is 1. The third-order valence-corrected chi connectivity index (χ3v) is 6.46. The second-order valence-corrected chi connectivity index (χ2v) is 10.4. The Bertz CT molecular complexity index is 1030. The van der Waals surface area contributed by atoms with Gasteiger partial charge >= 0.3 is 12.1 Å². The number of hydrogen-bond acceptors (Lipinski definition) is 4. The van der Waals surface area contributed by atoms with E-state index >= 15 is 0 Å². The first-order chi connectivity index (χ1) is 16.5. The van der Waals surface area contributed by atoms with Crippen LogP contribution >= 0.6 is 0 Å². The van der Waals surface area contributed by atoms with E-state index < -0.39 is 30.6 Å². The van der Waals surface area contributed by atoms with Crippen LogP contribution in [0.2, 0.25) is 0 Å². The van der Waals surface area contributed by atoms with Crippen LogP contribution in [-0.4, -0.2) is 53.2 Å². The topological polar surface area (TPSA) is 95.9 Å². The molecule has 2 amide bonds. The summed E-state index contributed by atoms with van der Waals surface area (Å²) in [5.74, 6) is -1.59. The summed E-state index contributed by atoms with van der Waals surface area (Å²) >= 11 is 0. The number of hydrogen-bond donors (Lipinski definition) is 2. The molecule has 0 aromatic heterocycles. The first kappa shape index (κ1) is 26.3. The van der Waals surface area contributed by atoms with Gasteiger partial charge in [0.15, 0.2) is 0 Å². The minimum absolute atomic E-state index is 0.0893. The van der Waals surface area contributed by atoms with Crippen molar-refractivity contribution in [2.75, 3.05) is 13.2 Å². The molecule has 2 aromatic rings. The molecule has 0 spiro atoms. The number of nitrogens with one attached hydrogen (secondary N) is 1. The van der Waals surface area contributed by atoms with Crippen molar-refractivity contribution in [3.05, 3.63) is 59.7 Å². The van der Waals surface area contributed by atoms with E-state index in [0.29, 0.717) is 12.8 Å². The fourth-order valence-corrected chi connectivity index (χ4v) is 4.61. The maximum atomic E-state index is 13.4. The molecule has 0 bridgehead atoms. The Morgan fingerprint density at radius 1 is 1.03 bits per heavy atom. The van der Waals surface area contributed by atoms with Gasteiger partial charge in [-0.1, -0.05) is 76.2 Å². The first-order valence-electron chi connectivity index (χ1n) is 12.2. The molecule has 2 atom stereocenters. The van der Waals surface area contributed by atoms with Crippen LogP contribution in [0.4, 0.5) is 4.79 Å². The summed E-state index contributed by atoms with van der Waals surface area (Å²) in [5, 5.41) is 12.1. The van der Waals surface area contributed by atoms with Gasteiger partial charge in [-0.05, 0) is 47.4 Å². The largest absolute Gasteiger partial charge is 0.480 e. The van der Waals surface area contributed by atoms with E-state index in [2.05, 4.69) is 17.4 Å². The number of rotatable bonds is 9. The smallest absolute Gasteiger partial charge is 0.407 e. The van der Waals surface area contributed by atoms with Crippen LogP contribution in [0.15, 0.2) is 48.5 Å². The van der Waals surface area contributed by atoms with Gasteiger partial charge in [-0.3, -0.25) is 9.59 Å². The van der Waals surface area contributed by atoms with Gasteiger partial charge in [0.1, 0.15) is 19.2 Å². The second-order valence-electron chi connectivity index (χ2n) is 10.4. The lowest BCUT2D eigenvalue weighted by molar-refractivity contribution is -0.147. The van der Waals surface area contributed by atoms with Crippen LogP contribution in [-0.2, 0) is 14.3 Å². The second kappa shape index (κ2) is 10.9. The maximum Gasteiger partial charge on any atom is 0.407 e. The van der Waals surface area contributed by atoms with Gasteiger partial charge in [-0.2, -0.15) is 0 Å². The fourth-order valence-electron chi connectivity index (χ4n) is 4.61. The number of carboxylic acid groups (broad SMARTS) is 1. The number of aliphatic carboxylic acids is 1. The van der Waals surface area contributed by atoms with Crippen molar-refractivity contribution in [2.24, 2.45) is 5.41 Å². The van der Waals surface area contributed by atoms with Crippen LogP contribution in [0.3, 0.4) is 0 Å². The first-order valence-corrected chi connectivity index (χ1v) is 12.2. The zero-order valence-corrected chi connectivity index (χ0v) is 21.2. The molecule has 7 nitrogen and oxygen atoms in total. The third kappa shape index (κ3) is 6.41. The van der Waals surface area contributed by atoms with Crippen LogP contribution < -0.4 is 5.32 Å². The monoisotopic (exact) mass is 480 g/mol. The van der Waals surface area contributed by atoms with Crippen molar-refractivity contribution in [3.63, 3.8) is 0 Å². The number of nitrogens with zero attached hydrogens (tertiary/aromatic N) is 1. The molecule has 35 heavy (non-hydrogen) atoms. The number of fused-ring (bicyclic) bond motifs is 3. The lowest BCUT2D eigenvalue weighted by Gasteiger charge is -2.33. The van der Waals surface area contributed by atoms with Gasteiger partial charge in [0.2, 0.25) is 5.91 Å². The highest BCUT2D eigenvalue weighted by Gasteiger charge is 2.34. The number of ether oxygens (including phenoxy) is 1. The van der Waals surface area contributed by atoms with E-state index in [4.69, 9.17) is 4.74 Å². The highest BCUT2D eigenvalue weighted by molar-refractivity contribution is 5.88. The average Bonchev–Trinajstić information content (AvgIpc) is 3.12. The third-order valence-electron chi connectivity index (χ3n) is 6.46. The van der Waals surface area contributed by atoms with E-state index in [-0.39, 0.29) is 24.0 Å². The standard InChI is InChI=1S/C28H36N2O5/c1-6-18(2)30(16-25(31)32)26(33)24(15-28(3,4)5)29-27(34)35-17-23-21-13-9-7-11-19(21)20-12-8-10-14-22(20)23/h7-14,18,23-24H,6,15-17H2,1-5H3,(H,29,34)(H,31,32). The van der Waals surface area contributed by atoms with Gasteiger partial charge < -0.3 is 20.1 Å². The summed E-state index contributed by atoms with van der Waals surface area (Å²) in [7, 11) is 0. The molecule has 188 valence electrons. The minimum atomic E-state index is -1.09. The molecule has 2 aromatic carbocycles. The van der Waals surface area contributed by atoms with Crippen LogP contribution in [0, 0.1) is 5.41 Å². The summed E-state index contributed by atoms with van der Waals surface area (Å²) in [6, 6.07) is 15.0. The molecule has 0 aliphatic heterocycles. The molecule has 0 radical (unpaired) electrons. The molecule has 1 aliphatic carbocycles. The van der Waals surface area contributed by atoms with Gasteiger partial charge in [0, 0.05) is 12.0 Å². The van der Waals surface area contributed by atoms with Crippen molar-refractivity contribution in [1.82, 2.24) is 10.2 Å². The molecular weight excluding hydrogens is 444 g/mol. The lowest BCUT2D eigenvalue weighted by atomic mass is 9.87. The van der Waals surface area contributed by atoms with Crippen molar-refractivity contribution in [3.8, 4) is 11.1 Å². The summed E-state index contributed by atoms with van der Waals surface area (Å²) in [4.78, 5) is 39.0. The van der Waals surface area contributed by atoms with Crippen LogP contribution in [0.1, 0.15) is 64.5 Å². The molecule has 0 saturated carbocycles. The Morgan fingerprint density at radius 2 is 1.57 bits per heavy atom. The average molecular weight is 481 g/mol. The predicted molar refractivity (Wildman–Crippen MR) is 135 cm³/mol. The molecule has 0 fully saturated rings. The summed E-state index contributed by atoms with van der Waals surface area (Å²) in [6.45, 7) is 9.33. The Hall–Kier alpha value is -3.35. The van der Waals surface area contributed by atoms with Gasteiger partial charge in [-0.25, -0.2) is 4.79 Å². The summed E-state index contributed by atoms with van der Waals surface area (Å²) in [6.07, 6.45) is 0.267. The van der Waals surface area contributed by atoms with E-state index in [1.807, 2.05) is 71.0 Å². The molecular formula is C28H36N2O5. The zero-order chi connectivity index (χ0) is 25.8. The number of benzene rings is 2. The Morgan fingerprint density at radius 3 is 2.06 bits per heavy atom. The molecule has 7 heteroatoms. The highest BCUT2D eigenvalue weighted by Crippen LogP contribution is 2.44. The SMILES string of the molecule is CCC(C)N(CC(=O)O)C(=O)C(CC(C)(C)C)NC(=O)OCC1c2ccccc2-c2ccccc21. The zero-order valence-electron chi connectivity index (χ0n) is 21.2. The van der Waals surface area contributed by atoms with Gasteiger partial charge in [0.05, 0.1) is 0 Å². The van der Waals surface area contributed by atoms with Crippen molar-refractivity contribution in [1.29, 1.82) is 0 Å².